The molecule has 0 unspecified atom stereocenters. The van der Waals surface area contributed by atoms with Crippen LogP contribution >= 0.6 is 0 Å². The lowest BCUT2D eigenvalue weighted by Crippen LogP contribution is -2.01. The Balaban J connectivity index is 3.32. The molecule has 0 aliphatic carbocycles. The molecule has 0 rings (SSSR count). The minimum absolute atomic E-state index is 0.442. The molecule has 0 spiro atoms. The lowest BCUT2D eigenvalue weighted by Gasteiger charge is -2.06. The molecule has 66 valence electrons. The summed E-state index contributed by atoms with van der Waals surface area (Å²) in [6.45, 7) is 15.0. The van der Waals surface area contributed by atoms with E-state index < -0.39 is 0 Å². The van der Waals surface area contributed by atoms with Gasteiger partial charge in [-0.25, -0.2) is 0 Å². The lowest BCUT2D eigenvalue weighted by molar-refractivity contribution is 0.129. The fourth-order valence-corrected chi connectivity index (χ4v) is 0.463. The van der Waals surface area contributed by atoms with Crippen molar-refractivity contribution in [3.63, 3.8) is 0 Å². The lowest BCUT2D eigenvalue weighted by atomic mass is 10.5. The molecule has 0 saturated heterocycles. The third kappa shape index (κ3) is 5.35. The maximum atomic E-state index is 5.07. The third-order valence-electron chi connectivity index (χ3n) is 1.11. The minimum atomic E-state index is 0.442. The molecule has 0 radical (unpaired) electrons. The zero-order valence-electron chi connectivity index (χ0n) is 7.21. The predicted octanol–water partition coefficient (Wildman–Crippen LogP) is 2.42. The Morgan fingerprint density at radius 3 is 1.50 bits per heavy atom. The van der Waals surface area contributed by atoms with Gasteiger partial charge >= 0.3 is 0 Å². The van der Waals surface area contributed by atoms with Gasteiger partial charge in [0.1, 0.15) is 24.7 Å². The molecule has 0 heterocycles. The van der Waals surface area contributed by atoms with Crippen molar-refractivity contribution in [1.82, 2.24) is 0 Å². The van der Waals surface area contributed by atoms with Crippen molar-refractivity contribution in [2.45, 2.75) is 0 Å². The standard InChI is InChI=1S/C10H14O2/c1-5-9(3)11-7-8-12-10(4)6-2/h5-6H,1-4,7-8H2. The van der Waals surface area contributed by atoms with Crippen LogP contribution in [0.15, 0.2) is 50.0 Å². The van der Waals surface area contributed by atoms with Crippen molar-refractivity contribution in [2.75, 3.05) is 13.2 Å². The van der Waals surface area contributed by atoms with E-state index in [0.717, 1.165) is 0 Å². The number of rotatable bonds is 7. The Labute approximate surface area is 73.5 Å². The van der Waals surface area contributed by atoms with E-state index >= 15 is 0 Å². The molecule has 2 nitrogen and oxygen atoms in total. The van der Waals surface area contributed by atoms with E-state index in [9.17, 15) is 0 Å². The van der Waals surface area contributed by atoms with Crippen molar-refractivity contribution in [3.8, 4) is 0 Å². The maximum absolute atomic E-state index is 5.07. The highest BCUT2D eigenvalue weighted by atomic mass is 16.5. The summed E-state index contributed by atoms with van der Waals surface area (Å²) < 4.78 is 10.1. The van der Waals surface area contributed by atoms with Crippen LogP contribution in [0.25, 0.3) is 0 Å². The molecule has 0 aromatic rings. The molecule has 0 amide bonds. The van der Waals surface area contributed by atoms with E-state index in [-0.39, 0.29) is 0 Å². The molecule has 0 aromatic heterocycles. The summed E-state index contributed by atoms with van der Waals surface area (Å²) in [5.74, 6) is 1.09. The van der Waals surface area contributed by atoms with Crippen LogP contribution in [0, 0.1) is 0 Å². The van der Waals surface area contributed by atoms with Gasteiger partial charge in [-0.15, -0.1) is 0 Å². The fourth-order valence-electron chi connectivity index (χ4n) is 0.463. The summed E-state index contributed by atoms with van der Waals surface area (Å²) in [6, 6.07) is 0. The zero-order chi connectivity index (χ0) is 9.40. The monoisotopic (exact) mass is 166 g/mol. The van der Waals surface area contributed by atoms with Crippen LogP contribution in [0.3, 0.4) is 0 Å². The zero-order valence-corrected chi connectivity index (χ0v) is 7.21. The highest BCUT2D eigenvalue weighted by Crippen LogP contribution is 1.96. The fraction of sp³-hybridized carbons (Fsp3) is 0.200. The van der Waals surface area contributed by atoms with Crippen molar-refractivity contribution < 1.29 is 9.47 Å². The SMILES string of the molecule is C=CC(=C)OCCOC(=C)C=C. The van der Waals surface area contributed by atoms with Crippen LogP contribution in [0.2, 0.25) is 0 Å². The average Bonchev–Trinajstić information content (AvgIpc) is 2.11. The molecule has 0 aliphatic rings. The van der Waals surface area contributed by atoms with E-state index in [1.54, 1.807) is 12.2 Å². The second kappa shape index (κ2) is 6.28. The second-order valence-electron chi connectivity index (χ2n) is 2.04. The normalized spacial score (nSPS) is 8.33. The first-order valence-electron chi connectivity index (χ1n) is 3.59. The van der Waals surface area contributed by atoms with Gasteiger partial charge in [-0.05, 0) is 12.2 Å². The van der Waals surface area contributed by atoms with Gasteiger partial charge in [0, 0.05) is 0 Å². The average molecular weight is 166 g/mol. The highest BCUT2D eigenvalue weighted by molar-refractivity contribution is 5.02. The van der Waals surface area contributed by atoms with Crippen LogP contribution in [0.1, 0.15) is 0 Å². The topological polar surface area (TPSA) is 18.5 Å². The van der Waals surface area contributed by atoms with Crippen LogP contribution < -0.4 is 0 Å². The van der Waals surface area contributed by atoms with Gasteiger partial charge in [-0.3, -0.25) is 0 Å². The molecular weight excluding hydrogens is 152 g/mol. The van der Waals surface area contributed by atoms with Crippen molar-refractivity contribution in [1.29, 1.82) is 0 Å². The molecule has 2 heteroatoms. The Hall–Kier alpha value is -1.44. The first-order chi connectivity index (χ1) is 5.70. The van der Waals surface area contributed by atoms with Gasteiger partial charge in [0.05, 0.1) is 0 Å². The Bertz CT molecular complexity index is 170. The molecule has 0 fully saturated rings. The number of hydrogen-bond donors (Lipinski definition) is 0. The Morgan fingerprint density at radius 2 is 1.25 bits per heavy atom. The van der Waals surface area contributed by atoms with E-state index in [1.165, 1.54) is 0 Å². The quantitative estimate of drug-likeness (QED) is 0.328. The predicted molar refractivity (Wildman–Crippen MR) is 50.6 cm³/mol. The number of ether oxygens (including phenoxy) is 2. The maximum Gasteiger partial charge on any atom is 0.122 e. The van der Waals surface area contributed by atoms with Gasteiger partial charge in [-0.2, -0.15) is 0 Å². The highest BCUT2D eigenvalue weighted by Gasteiger charge is 1.90. The number of hydrogen-bond acceptors (Lipinski definition) is 2. The third-order valence-corrected chi connectivity index (χ3v) is 1.11. The van der Waals surface area contributed by atoms with Crippen LogP contribution in [-0.2, 0) is 9.47 Å². The summed E-state index contributed by atoms with van der Waals surface area (Å²) in [5.41, 5.74) is 0. The molecule has 0 aliphatic heterocycles. The Morgan fingerprint density at radius 1 is 0.917 bits per heavy atom. The van der Waals surface area contributed by atoms with Crippen molar-refractivity contribution in [2.24, 2.45) is 0 Å². The largest absolute Gasteiger partial charge is 0.491 e. The smallest absolute Gasteiger partial charge is 0.122 e. The summed E-state index contributed by atoms with van der Waals surface area (Å²) in [5, 5.41) is 0. The van der Waals surface area contributed by atoms with Crippen molar-refractivity contribution >= 4 is 0 Å². The first kappa shape index (κ1) is 10.6. The van der Waals surface area contributed by atoms with Gasteiger partial charge in [0.15, 0.2) is 0 Å². The Kier molecular flexibility index (Phi) is 5.53. The summed E-state index contributed by atoms with van der Waals surface area (Å²) in [6.07, 6.45) is 3.09. The van der Waals surface area contributed by atoms with E-state index in [0.29, 0.717) is 24.7 Å². The van der Waals surface area contributed by atoms with Crippen molar-refractivity contribution in [3.05, 3.63) is 50.0 Å². The van der Waals surface area contributed by atoms with Gasteiger partial charge in [0.25, 0.3) is 0 Å². The molecular formula is C10H14O2. The number of allylic oxidation sites excluding steroid dienone is 2. The summed E-state index contributed by atoms with van der Waals surface area (Å²) in [7, 11) is 0. The molecule has 0 saturated carbocycles. The van der Waals surface area contributed by atoms with Crippen LogP contribution in [0.4, 0.5) is 0 Å². The summed E-state index contributed by atoms with van der Waals surface area (Å²) >= 11 is 0. The molecule has 0 N–H and O–H groups in total. The van der Waals surface area contributed by atoms with E-state index in [1.807, 2.05) is 0 Å². The minimum Gasteiger partial charge on any atom is -0.491 e. The molecule has 12 heavy (non-hydrogen) atoms. The first-order valence-corrected chi connectivity index (χ1v) is 3.59. The molecule has 0 aromatic carbocycles. The van der Waals surface area contributed by atoms with E-state index in [2.05, 4.69) is 26.3 Å². The molecule has 0 atom stereocenters. The summed E-state index contributed by atoms with van der Waals surface area (Å²) in [4.78, 5) is 0. The van der Waals surface area contributed by atoms with Gasteiger partial charge < -0.3 is 9.47 Å². The van der Waals surface area contributed by atoms with Gasteiger partial charge in [0.2, 0.25) is 0 Å². The molecule has 0 bridgehead atoms. The second-order valence-corrected chi connectivity index (χ2v) is 2.04. The van der Waals surface area contributed by atoms with Crippen LogP contribution in [-0.4, -0.2) is 13.2 Å². The van der Waals surface area contributed by atoms with E-state index in [4.69, 9.17) is 9.47 Å². The van der Waals surface area contributed by atoms with Gasteiger partial charge in [-0.1, -0.05) is 26.3 Å². The van der Waals surface area contributed by atoms with Crippen LogP contribution in [0.5, 0.6) is 0 Å².